The van der Waals surface area contributed by atoms with Gasteiger partial charge in [0.05, 0.1) is 0 Å². The van der Waals surface area contributed by atoms with Gasteiger partial charge < -0.3 is 4.57 Å². The summed E-state index contributed by atoms with van der Waals surface area (Å²) < 4.78 is 2.13. The van der Waals surface area contributed by atoms with Crippen LogP contribution in [-0.4, -0.2) is 9.55 Å². The van der Waals surface area contributed by atoms with Gasteiger partial charge in [-0.15, -0.1) is 11.3 Å². The highest BCUT2D eigenvalue weighted by Crippen LogP contribution is 2.25. The molecule has 0 bridgehead atoms. The minimum Gasteiger partial charge on any atom is -0.351 e. The highest BCUT2D eigenvalue weighted by Gasteiger charge is 2.03. The predicted octanol–water partition coefficient (Wildman–Crippen LogP) is 3.30. The Morgan fingerprint density at radius 3 is 3.00 bits per heavy atom. The molecular formula is C12H10N2S. The number of aromatic nitrogens is 2. The molecule has 0 amide bonds. The summed E-state index contributed by atoms with van der Waals surface area (Å²) in [6, 6.07) is 8.59. The van der Waals surface area contributed by atoms with Crippen LogP contribution in [0.25, 0.3) is 21.5 Å². The molecule has 2 heterocycles. The standard InChI is InChI=1S/C12H10N2S/c1-14-6-4-9-8-10(2-3-11(9)14)12-13-5-7-15-12/h2-8H,1H3. The Labute approximate surface area is 91.8 Å². The first-order chi connectivity index (χ1) is 7.34. The second-order valence-electron chi connectivity index (χ2n) is 3.54. The summed E-state index contributed by atoms with van der Waals surface area (Å²) in [4.78, 5) is 4.31. The summed E-state index contributed by atoms with van der Waals surface area (Å²) in [5.41, 5.74) is 2.46. The molecule has 3 aromatic rings. The maximum absolute atomic E-state index is 4.31. The third kappa shape index (κ3) is 1.36. The van der Waals surface area contributed by atoms with E-state index in [2.05, 4.69) is 47.1 Å². The first-order valence-corrected chi connectivity index (χ1v) is 5.67. The lowest BCUT2D eigenvalue weighted by molar-refractivity contribution is 0.969. The molecular weight excluding hydrogens is 204 g/mol. The fraction of sp³-hybridized carbons (Fsp3) is 0.0833. The molecule has 3 heteroatoms. The summed E-state index contributed by atoms with van der Waals surface area (Å²) in [5.74, 6) is 0. The van der Waals surface area contributed by atoms with Crippen molar-refractivity contribution in [2.45, 2.75) is 0 Å². The molecule has 0 saturated heterocycles. The summed E-state index contributed by atoms with van der Waals surface area (Å²) in [6.07, 6.45) is 3.92. The maximum Gasteiger partial charge on any atom is 0.123 e. The maximum atomic E-state index is 4.31. The SMILES string of the molecule is Cn1ccc2cc(-c3nccs3)ccc21. The van der Waals surface area contributed by atoms with E-state index in [4.69, 9.17) is 0 Å². The number of hydrogen-bond donors (Lipinski definition) is 0. The van der Waals surface area contributed by atoms with E-state index in [1.54, 1.807) is 11.3 Å². The van der Waals surface area contributed by atoms with Gasteiger partial charge in [0.1, 0.15) is 5.01 Å². The highest BCUT2D eigenvalue weighted by molar-refractivity contribution is 7.13. The lowest BCUT2D eigenvalue weighted by Gasteiger charge is -1.98. The highest BCUT2D eigenvalue weighted by atomic mass is 32.1. The molecule has 0 aliphatic carbocycles. The Kier molecular flexibility index (Phi) is 1.86. The molecule has 0 unspecified atom stereocenters. The van der Waals surface area contributed by atoms with Crippen LogP contribution in [0.1, 0.15) is 0 Å². The molecule has 0 aliphatic rings. The van der Waals surface area contributed by atoms with Crippen LogP contribution in [0.4, 0.5) is 0 Å². The second-order valence-corrected chi connectivity index (χ2v) is 4.43. The molecule has 0 N–H and O–H groups in total. The van der Waals surface area contributed by atoms with Crippen molar-refractivity contribution in [3.05, 3.63) is 42.0 Å². The lowest BCUT2D eigenvalue weighted by Crippen LogP contribution is -1.83. The second kappa shape index (κ2) is 3.21. The van der Waals surface area contributed by atoms with E-state index >= 15 is 0 Å². The largest absolute Gasteiger partial charge is 0.351 e. The predicted molar refractivity (Wildman–Crippen MR) is 64.0 cm³/mol. The van der Waals surface area contributed by atoms with E-state index in [1.165, 1.54) is 16.5 Å². The summed E-state index contributed by atoms with van der Waals surface area (Å²) >= 11 is 1.67. The molecule has 0 saturated carbocycles. The smallest absolute Gasteiger partial charge is 0.123 e. The van der Waals surface area contributed by atoms with Crippen LogP contribution in [0.3, 0.4) is 0 Å². The van der Waals surface area contributed by atoms with Gasteiger partial charge in [-0.3, -0.25) is 0 Å². The number of aryl methyl sites for hydroxylation is 1. The Bertz CT molecular complexity index is 593. The van der Waals surface area contributed by atoms with Crippen LogP contribution in [-0.2, 0) is 7.05 Å². The summed E-state index contributed by atoms with van der Waals surface area (Å²) in [5, 5.41) is 4.36. The molecule has 2 nitrogen and oxygen atoms in total. The van der Waals surface area contributed by atoms with Crippen molar-refractivity contribution in [2.24, 2.45) is 7.05 Å². The first kappa shape index (κ1) is 8.68. The fourth-order valence-corrected chi connectivity index (χ4v) is 2.42. The fourth-order valence-electron chi connectivity index (χ4n) is 1.78. The van der Waals surface area contributed by atoms with Crippen LogP contribution < -0.4 is 0 Å². The Morgan fingerprint density at radius 2 is 2.20 bits per heavy atom. The lowest BCUT2D eigenvalue weighted by atomic mass is 10.2. The molecule has 1 aromatic carbocycles. The van der Waals surface area contributed by atoms with Crippen LogP contribution >= 0.6 is 11.3 Å². The zero-order valence-corrected chi connectivity index (χ0v) is 9.16. The van der Waals surface area contributed by atoms with Gasteiger partial charge in [-0.1, -0.05) is 0 Å². The first-order valence-electron chi connectivity index (χ1n) is 4.79. The van der Waals surface area contributed by atoms with Crippen molar-refractivity contribution >= 4 is 22.2 Å². The van der Waals surface area contributed by atoms with Crippen molar-refractivity contribution < 1.29 is 0 Å². The Hall–Kier alpha value is -1.61. The third-order valence-corrected chi connectivity index (χ3v) is 3.39. The topological polar surface area (TPSA) is 17.8 Å². The number of benzene rings is 1. The van der Waals surface area contributed by atoms with Gasteiger partial charge in [-0.05, 0) is 24.3 Å². The third-order valence-electron chi connectivity index (χ3n) is 2.56. The van der Waals surface area contributed by atoms with Crippen molar-refractivity contribution in [1.82, 2.24) is 9.55 Å². The van der Waals surface area contributed by atoms with Gasteiger partial charge in [-0.2, -0.15) is 0 Å². The van der Waals surface area contributed by atoms with E-state index in [9.17, 15) is 0 Å². The zero-order valence-electron chi connectivity index (χ0n) is 8.34. The average molecular weight is 214 g/mol. The molecule has 15 heavy (non-hydrogen) atoms. The zero-order chi connectivity index (χ0) is 10.3. The molecule has 0 radical (unpaired) electrons. The molecule has 0 fully saturated rings. The summed E-state index contributed by atoms with van der Waals surface area (Å²) in [6.45, 7) is 0. The Balaban J connectivity index is 2.23. The van der Waals surface area contributed by atoms with Crippen molar-refractivity contribution in [2.75, 3.05) is 0 Å². The van der Waals surface area contributed by atoms with Crippen molar-refractivity contribution in [1.29, 1.82) is 0 Å². The van der Waals surface area contributed by atoms with Gasteiger partial charge >= 0.3 is 0 Å². The summed E-state index contributed by atoms with van der Waals surface area (Å²) in [7, 11) is 2.06. The van der Waals surface area contributed by atoms with E-state index in [0.717, 1.165) is 5.01 Å². The van der Waals surface area contributed by atoms with Gasteiger partial charge in [0, 0.05) is 41.3 Å². The van der Waals surface area contributed by atoms with Gasteiger partial charge in [0.2, 0.25) is 0 Å². The van der Waals surface area contributed by atoms with Crippen LogP contribution in [0.5, 0.6) is 0 Å². The minimum atomic E-state index is 1.08. The monoisotopic (exact) mass is 214 g/mol. The van der Waals surface area contributed by atoms with Gasteiger partial charge in [0.25, 0.3) is 0 Å². The number of rotatable bonds is 1. The number of fused-ring (bicyclic) bond motifs is 1. The van der Waals surface area contributed by atoms with E-state index in [-0.39, 0.29) is 0 Å². The number of hydrogen-bond acceptors (Lipinski definition) is 2. The molecule has 2 aromatic heterocycles. The van der Waals surface area contributed by atoms with E-state index < -0.39 is 0 Å². The van der Waals surface area contributed by atoms with Crippen LogP contribution in [0.2, 0.25) is 0 Å². The molecule has 0 aliphatic heterocycles. The average Bonchev–Trinajstić information content (AvgIpc) is 2.88. The number of nitrogens with zero attached hydrogens (tertiary/aromatic N) is 2. The van der Waals surface area contributed by atoms with Crippen molar-refractivity contribution in [3.8, 4) is 10.6 Å². The normalized spacial score (nSPS) is 11.0. The van der Waals surface area contributed by atoms with E-state index in [0.29, 0.717) is 0 Å². The molecule has 74 valence electrons. The van der Waals surface area contributed by atoms with Crippen LogP contribution in [0.15, 0.2) is 42.0 Å². The molecule has 3 rings (SSSR count). The molecule has 0 spiro atoms. The molecule has 0 atom stereocenters. The van der Waals surface area contributed by atoms with E-state index in [1.807, 2.05) is 11.6 Å². The van der Waals surface area contributed by atoms with Gasteiger partial charge in [-0.25, -0.2) is 4.98 Å². The van der Waals surface area contributed by atoms with Crippen molar-refractivity contribution in [3.63, 3.8) is 0 Å². The van der Waals surface area contributed by atoms with Crippen LogP contribution in [0, 0.1) is 0 Å². The number of thiazole rings is 1. The quantitative estimate of drug-likeness (QED) is 0.607. The van der Waals surface area contributed by atoms with Gasteiger partial charge in [0.15, 0.2) is 0 Å². The Morgan fingerprint density at radius 1 is 1.27 bits per heavy atom. The minimum absolute atomic E-state index is 1.08.